The first-order valence-electron chi connectivity index (χ1n) is 16.0. The topological polar surface area (TPSA) is 151 Å². The van der Waals surface area contributed by atoms with Crippen LogP contribution in [-0.2, 0) is 47.6 Å². The Morgan fingerprint density at radius 3 is 1.66 bits per heavy atom. The van der Waals surface area contributed by atoms with Gasteiger partial charge in [0.25, 0.3) is 0 Å². The number of hydrogen-bond acceptors (Lipinski definition) is 8. The number of nitrogens with one attached hydrogen (secondary N) is 4. The molecule has 2 atom stereocenters. The van der Waals surface area contributed by atoms with Crippen molar-refractivity contribution in [3.05, 3.63) is 144 Å². The van der Waals surface area contributed by atoms with Crippen LogP contribution in [0.3, 0.4) is 0 Å². The van der Waals surface area contributed by atoms with E-state index in [9.17, 15) is 26.4 Å². The third-order valence-corrected chi connectivity index (χ3v) is 12.5. The van der Waals surface area contributed by atoms with Gasteiger partial charge in [0.2, 0.25) is 31.9 Å². The number of sulfonamides is 2. The largest absolute Gasteiger partial charge is 0.354 e. The molecule has 0 radical (unpaired) electrons. The van der Waals surface area contributed by atoms with E-state index < -0.39 is 38.0 Å². The minimum atomic E-state index is -3.83. The summed E-state index contributed by atoms with van der Waals surface area (Å²) in [4.78, 5) is 25.9. The molecule has 266 valence electrons. The highest BCUT2D eigenvalue weighted by molar-refractivity contribution is 8.76. The molecule has 10 nitrogen and oxygen atoms in total. The second-order valence-electron chi connectivity index (χ2n) is 11.4. The maximum Gasteiger partial charge on any atom is 0.239 e. The summed E-state index contributed by atoms with van der Waals surface area (Å²) in [5.74, 6) is -0.591. The van der Waals surface area contributed by atoms with Gasteiger partial charge in [-0.15, -0.1) is 0 Å². The summed E-state index contributed by atoms with van der Waals surface area (Å²) in [6, 6.07) is 34.7. The Balaban J connectivity index is 1.26. The molecule has 0 spiro atoms. The Labute approximate surface area is 303 Å². The van der Waals surface area contributed by atoms with Gasteiger partial charge in [-0.05, 0) is 28.7 Å². The summed E-state index contributed by atoms with van der Waals surface area (Å²) in [5, 5.41) is 5.68. The Morgan fingerprint density at radius 1 is 0.600 bits per heavy atom. The van der Waals surface area contributed by atoms with Gasteiger partial charge in [0.1, 0.15) is 6.04 Å². The fraction of sp³-hybridized carbons (Fsp3) is 0.278. The van der Waals surface area contributed by atoms with Crippen LogP contribution in [0.5, 0.6) is 0 Å². The van der Waals surface area contributed by atoms with E-state index in [0.29, 0.717) is 29.8 Å². The summed E-state index contributed by atoms with van der Waals surface area (Å²) >= 11 is 0. The van der Waals surface area contributed by atoms with Gasteiger partial charge in [-0.25, -0.2) is 26.3 Å². The molecule has 0 bridgehead atoms. The molecular weight excluding hydrogens is 713 g/mol. The SMILES string of the molecule is O=C(CCSSCC(NS(=O)(=O)Cc1ccccc1)C(=O)NCCc1ccccc1)NCC(NS(=O)(=O)Cc1ccccc1)c1ccccc1. The van der Waals surface area contributed by atoms with Crippen LogP contribution in [-0.4, -0.2) is 59.3 Å². The van der Waals surface area contributed by atoms with Crippen molar-refractivity contribution in [2.45, 2.75) is 36.4 Å². The molecule has 0 saturated carbocycles. The fourth-order valence-electron chi connectivity index (χ4n) is 4.89. The van der Waals surface area contributed by atoms with E-state index in [1.165, 1.54) is 21.6 Å². The van der Waals surface area contributed by atoms with Gasteiger partial charge in [0.15, 0.2) is 0 Å². The molecular formula is C36H42N4O6S4. The van der Waals surface area contributed by atoms with Crippen molar-refractivity contribution in [2.24, 2.45) is 0 Å². The van der Waals surface area contributed by atoms with E-state index in [0.717, 1.165) is 11.1 Å². The lowest BCUT2D eigenvalue weighted by Gasteiger charge is -2.20. The van der Waals surface area contributed by atoms with Crippen LogP contribution in [0.4, 0.5) is 0 Å². The zero-order chi connectivity index (χ0) is 35.7. The lowest BCUT2D eigenvalue weighted by molar-refractivity contribution is -0.122. The smallest absolute Gasteiger partial charge is 0.239 e. The first-order valence-corrected chi connectivity index (χ1v) is 21.8. The van der Waals surface area contributed by atoms with Gasteiger partial charge in [-0.1, -0.05) is 143 Å². The Bertz CT molecular complexity index is 1830. The summed E-state index contributed by atoms with van der Waals surface area (Å²) in [6.45, 7) is 0.410. The molecule has 0 aromatic heterocycles. The van der Waals surface area contributed by atoms with E-state index >= 15 is 0 Å². The third kappa shape index (κ3) is 14.7. The van der Waals surface area contributed by atoms with Crippen LogP contribution in [0.1, 0.15) is 34.7 Å². The van der Waals surface area contributed by atoms with Crippen LogP contribution >= 0.6 is 21.6 Å². The summed E-state index contributed by atoms with van der Waals surface area (Å²) in [6.07, 6.45) is 0.746. The number of amides is 2. The molecule has 4 rings (SSSR count). The molecule has 0 saturated heterocycles. The first-order chi connectivity index (χ1) is 24.1. The molecule has 50 heavy (non-hydrogen) atoms. The maximum atomic E-state index is 13.1. The zero-order valence-corrected chi connectivity index (χ0v) is 30.7. The van der Waals surface area contributed by atoms with E-state index in [2.05, 4.69) is 20.1 Å². The number of hydrogen-bond donors (Lipinski definition) is 4. The van der Waals surface area contributed by atoms with Crippen molar-refractivity contribution in [1.29, 1.82) is 0 Å². The number of benzene rings is 4. The van der Waals surface area contributed by atoms with E-state index in [-0.39, 0.29) is 36.1 Å². The minimum Gasteiger partial charge on any atom is -0.354 e. The second kappa shape index (κ2) is 20.3. The number of carbonyl (C=O) groups is 2. The van der Waals surface area contributed by atoms with Crippen molar-refractivity contribution in [3.8, 4) is 0 Å². The Kier molecular flexibility index (Phi) is 15.9. The number of carbonyl (C=O) groups excluding carboxylic acids is 2. The predicted molar refractivity (Wildman–Crippen MR) is 203 cm³/mol. The van der Waals surface area contributed by atoms with Gasteiger partial charge >= 0.3 is 0 Å². The molecule has 4 aromatic rings. The second-order valence-corrected chi connectivity index (χ2v) is 17.6. The average Bonchev–Trinajstić information content (AvgIpc) is 3.10. The average molecular weight is 755 g/mol. The van der Waals surface area contributed by atoms with Crippen molar-refractivity contribution < 1.29 is 26.4 Å². The van der Waals surface area contributed by atoms with Gasteiger partial charge in [0, 0.05) is 31.0 Å². The molecule has 0 aliphatic rings. The highest BCUT2D eigenvalue weighted by Crippen LogP contribution is 2.23. The van der Waals surface area contributed by atoms with Gasteiger partial charge in [0.05, 0.1) is 17.5 Å². The molecule has 4 N–H and O–H groups in total. The minimum absolute atomic E-state index is 0.0586. The molecule has 4 aromatic carbocycles. The van der Waals surface area contributed by atoms with Crippen LogP contribution in [0, 0.1) is 0 Å². The van der Waals surface area contributed by atoms with E-state index in [4.69, 9.17) is 0 Å². The van der Waals surface area contributed by atoms with Crippen molar-refractivity contribution in [1.82, 2.24) is 20.1 Å². The highest BCUT2D eigenvalue weighted by Gasteiger charge is 2.25. The standard InChI is InChI=1S/C36H42N4O6S4/c41-35(38-25-33(32-19-11-4-12-20-32)39-49(43,44)27-30-15-7-2-8-16-30)22-24-47-48-26-34(36(42)37-23-21-29-13-5-1-6-14-29)40-50(45,46)28-31-17-9-3-10-18-31/h1-20,33-34,39-40H,21-28H2,(H,37,42)(H,38,41). The summed E-state index contributed by atoms with van der Waals surface area (Å²) < 4.78 is 57.2. The molecule has 2 unspecified atom stereocenters. The first kappa shape index (κ1) is 39.1. The van der Waals surface area contributed by atoms with Crippen LogP contribution in [0.2, 0.25) is 0 Å². The Morgan fingerprint density at radius 2 is 1.10 bits per heavy atom. The summed E-state index contributed by atoms with van der Waals surface area (Å²) in [7, 11) is -4.89. The lowest BCUT2D eigenvalue weighted by atomic mass is 10.1. The molecule has 0 aliphatic heterocycles. The molecule has 0 aliphatic carbocycles. The third-order valence-electron chi connectivity index (χ3n) is 7.35. The zero-order valence-electron chi connectivity index (χ0n) is 27.4. The van der Waals surface area contributed by atoms with Gasteiger partial charge in [-0.3, -0.25) is 9.59 Å². The highest BCUT2D eigenvalue weighted by atomic mass is 33.1. The maximum absolute atomic E-state index is 13.1. The van der Waals surface area contributed by atoms with Crippen LogP contribution in [0.15, 0.2) is 121 Å². The lowest BCUT2D eigenvalue weighted by Crippen LogP contribution is -2.48. The normalized spacial score (nSPS) is 12.9. The Hall–Kier alpha value is -3.66. The van der Waals surface area contributed by atoms with Crippen LogP contribution in [0.25, 0.3) is 0 Å². The van der Waals surface area contributed by atoms with E-state index in [1.807, 2.05) is 54.6 Å². The fourth-order valence-corrected chi connectivity index (χ4v) is 9.86. The van der Waals surface area contributed by atoms with Gasteiger partial charge < -0.3 is 10.6 Å². The van der Waals surface area contributed by atoms with Crippen molar-refractivity contribution in [2.75, 3.05) is 24.6 Å². The van der Waals surface area contributed by atoms with Crippen molar-refractivity contribution >= 4 is 53.4 Å². The quantitative estimate of drug-likeness (QED) is 0.0714. The molecule has 14 heteroatoms. The molecule has 0 heterocycles. The monoisotopic (exact) mass is 754 g/mol. The van der Waals surface area contributed by atoms with Crippen molar-refractivity contribution in [3.63, 3.8) is 0 Å². The molecule has 0 fully saturated rings. The predicted octanol–water partition coefficient (Wildman–Crippen LogP) is 4.58. The van der Waals surface area contributed by atoms with Gasteiger partial charge in [-0.2, -0.15) is 0 Å². The molecule has 2 amide bonds. The number of rotatable bonds is 21. The summed E-state index contributed by atoms with van der Waals surface area (Å²) in [5.41, 5.74) is 3.03. The van der Waals surface area contributed by atoms with Crippen LogP contribution < -0.4 is 20.1 Å². The van der Waals surface area contributed by atoms with E-state index in [1.54, 1.807) is 66.7 Å².